The summed E-state index contributed by atoms with van der Waals surface area (Å²) in [7, 11) is 0. The number of hydrogen-bond donors (Lipinski definition) is 1. The molecule has 1 rings (SSSR count). The number of rotatable bonds is 4. The van der Waals surface area contributed by atoms with Gasteiger partial charge in [-0.15, -0.1) is 11.3 Å². The fourth-order valence-corrected chi connectivity index (χ4v) is 1.95. The molecule has 0 spiro atoms. The summed E-state index contributed by atoms with van der Waals surface area (Å²) in [6, 6.07) is 0. The molecule has 14 heavy (non-hydrogen) atoms. The number of thiazole rings is 1. The van der Waals surface area contributed by atoms with Crippen LogP contribution in [0.3, 0.4) is 0 Å². The smallest absolute Gasteiger partial charge is 0.271 e. The highest BCUT2D eigenvalue weighted by atomic mass is 79.9. The Morgan fingerprint density at radius 1 is 1.79 bits per heavy atom. The molecular formula is C9H13BrN2OS. The molecule has 1 N–H and O–H groups in total. The second-order valence-corrected chi connectivity index (χ2v) is 4.66. The highest BCUT2D eigenvalue weighted by Gasteiger charge is 2.23. The maximum absolute atomic E-state index is 11.7. The van der Waals surface area contributed by atoms with Crippen molar-refractivity contribution in [1.82, 2.24) is 10.3 Å². The molecule has 1 aromatic rings. The predicted octanol–water partition coefficient (Wildman–Crippen LogP) is 2.44. The third-order valence-corrected chi connectivity index (χ3v) is 3.98. The molecule has 3 nitrogen and oxygen atoms in total. The number of nitrogens with one attached hydrogen (secondary N) is 1. The van der Waals surface area contributed by atoms with Crippen LogP contribution < -0.4 is 5.32 Å². The SMILES string of the molecule is CCC(C)(CBr)NC(=O)c1cscn1. The van der Waals surface area contributed by atoms with Crippen molar-refractivity contribution in [1.29, 1.82) is 0 Å². The van der Waals surface area contributed by atoms with Crippen molar-refractivity contribution >= 4 is 33.2 Å². The molecule has 0 aliphatic carbocycles. The van der Waals surface area contributed by atoms with Crippen LogP contribution in [-0.4, -0.2) is 21.8 Å². The fourth-order valence-electron chi connectivity index (χ4n) is 0.879. The molecule has 5 heteroatoms. The lowest BCUT2D eigenvalue weighted by molar-refractivity contribution is 0.0909. The Kier molecular flexibility index (Phi) is 4.07. The minimum absolute atomic E-state index is 0.102. The summed E-state index contributed by atoms with van der Waals surface area (Å²) in [5.41, 5.74) is 1.96. The van der Waals surface area contributed by atoms with Crippen LogP contribution in [0.4, 0.5) is 0 Å². The van der Waals surface area contributed by atoms with E-state index in [1.54, 1.807) is 10.9 Å². The molecule has 0 fully saturated rings. The second kappa shape index (κ2) is 4.89. The lowest BCUT2D eigenvalue weighted by Gasteiger charge is -2.26. The highest BCUT2D eigenvalue weighted by molar-refractivity contribution is 9.09. The molecule has 0 aliphatic rings. The van der Waals surface area contributed by atoms with E-state index >= 15 is 0 Å². The summed E-state index contributed by atoms with van der Waals surface area (Å²) in [6.45, 7) is 4.05. The van der Waals surface area contributed by atoms with Crippen molar-refractivity contribution in [2.24, 2.45) is 0 Å². The van der Waals surface area contributed by atoms with Crippen LogP contribution >= 0.6 is 27.3 Å². The first-order valence-corrected chi connectivity index (χ1v) is 6.44. The fraction of sp³-hybridized carbons (Fsp3) is 0.556. The Bertz CT molecular complexity index is 296. The summed E-state index contributed by atoms with van der Waals surface area (Å²) in [5.74, 6) is -0.102. The van der Waals surface area contributed by atoms with E-state index in [9.17, 15) is 4.79 Å². The molecule has 0 bridgehead atoms. The molecule has 0 saturated heterocycles. The van der Waals surface area contributed by atoms with Crippen molar-refractivity contribution in [2.45, 2.75) is 25.8 Å². The molecule has 1 unspecified atom stereocenters. The molecule has 0 aromatic carbocycles. The summed E-state index contributed by atoms with van der Waals surface area (Å²) in [4.78, 5) is 15.6. The summed E-state index contributed by atoms with van der Waals surface area (Å²) >= 11 is 4.82. The highest BCUT2D eigenvalue weighted by Crippen LogP contribution is 2.13. The number of carbonyl (C=O) groups excluding carboxylic acids is 1. The van der Waals surface area contributed by atoms with Crippen LogP contribution in [0.15, 0.2) is 10.9 Å². The van der Waals surface area contributed by atoms with Crippen LogP contribution in [0.25, 0.3) is 0 Å². The van der Waals surface area contributed by atoms with Crippen molar-refractivity contribution in [3.05, 3.63) is 16.6 Å². The average molecular weight is 277 g/mol. The first kappa shape index (κ1) is 11.7. The Hall–Kier alpha value is -0.420. The first-order valence-electron chi connectivity index (χ1n) is 4.38. The third kappa shape index (κ3) is 2.78. The maximum Gasteiger partial charge on any atom is 0.271 e. The maximum atomic E-state index is 11.7. The molecule has 78 valence electrons. The van der Waals surface area contributed by atoms with Crippen molar-refractivity contribution < 1.29 is 4.79 Å². The minimum atomic E-state index is -0.194. The van der Waals surface area contributed by atoms with E-state index in [1.165, 1.54) is 11.3 Å². The van der Waals surface area contributed by atoms with Crippen LogP contribution in [0.1, 0.15) is 30.8 Å². The van der Waals surface area contributed by atoms with E-state index in [-0.39, 0.29) is 11.4 Å². The Balaban J connectivity index is 2.65. The van der Waals surface area contributed by atoms with E-state index < -0.39 is 0 Å². The number of aromatic nitrogens is 1. The number of hydrogen-bond acceptors (Lipinski definition) is 3. The van der Waals surface area contributed by atoms with Crippen LogP contribution in [-0.2, 0) is 0 Å². The van der Waals surface area contributed by atoms with Crippen LogP contribution in [0.2, 0.25) is 0 Å². The summed E-state index contributed by atoms with van der Waals surface area (Å²) in [5, 5.41) is 5.45. The minimum Gasteiger partial charge on any atom is -0.345 e. The molecule has 1 amide bonds. The monoisotopic (exact) mass is 276 g/mol. The number of amides is 1. The summed E-state index contributed by atoms with van der Waals surface area (Å²) in [6.07, 6.45) is 0.883. The number of nitrogens with zero attached hydrogens (tertiary/aromatic N) is 1. The number of halogens is 1. The molecule has 0 radical (unpaired) electrons. The number of carbonyl (C=O) groups is 1. The largest absolute Gasteiger partial charge is 0.345 e. The quantitative estimate of drug-likeness (QED) is 0.859. The molecular weight excluding hydrogens is 264 g/mol. The van der Waals surface area contributed by atoms with Crippen molar-refractivity contribution in [2.75, 3.05) is 5.33 Å². The normalized spacial score (nSPS) is 14.8. The van der Waals surface area contributed by atoms with Gasteiger partial charge in [0.25, 0.3) is 5.91 Å². The second-order valence-electron chi connectivity index (χ2n) is 3.38. The zero-order valence-electron chi connectivity index (χ0n) is 8.21. The Labute approximate surface area is 96.1 Å². The van der Waals surface area contributed by atoms with E-state index in [0.717, 1.165) is 11.8 Å². The van der Waals surface area contributed by atoms with Gasteiger partial charge in [-0.2, -0.15) is 0 Å². The van der Waals surface area contributed by atoms with Gasteiger partial charge in [0.15, 0.2) is 0 Å². The van der Waals surface area contributed by atoms with Gasteiger partial charge < -0.3 is 5.32 Å². The van der Waals surface area contributed by atoms with E-state index in [1.807, 2.05) is 13.8 Å². The molecule has 1 aromatic heterocycles. The molecule has 1 atom stereocenters. The van der Waals surface area contributed by atoms with Gasteiger partial charge in [-0.3, -0.25) is 4.79 Å². The van der Waals surface area contributed by atoms with E-state index in [0.29, 0.717) is 5.69 Å². The summed E-state index contributed by atoms with van der Waals surface area (Å²) < 4.78 is 0. The zero-order chi connectivity index (χ0) is 10.6. The molecule has 0 saturated carbocycles. The average Bonchev–Trinajstić information content (AvgIpc) is 2.70. The van der Waals surface area contributed by atoms with Crippen molar-refractivity contribution in [3.8, 4) is 0 Å². The first-order chi connectivity index (χ1) is 6.61. The molecule has 0 aliphatic heterocycles. The van der Waals surface area contributed by atoms with Crippen molar-refractivity contribution in [3.63, 3.8) is 0 Å². The van der Waals surface area contributed by atoms with Gasteiger partial charge in [0.1, 0.15) is 5.69 Å². The van der Waals surface area contributed by atoms with Gasteiger partial charge in [0, 0.05) is 16.2 Å². The lowest BCUT2D eigenvalue weighted by Crippen LogP contribution is -2.47. The van der Waals surface area contributed by atoms with Gasteiger partial charge in [-0.05, 0) is 13.3 Å². The Morgan fingerprint density at radius 2 is 2.50 bits per heavy atom. The van der Waals surface area contributed by atoms with Gasteiger partial charge in [-0.1, -0.05) is 22.9 Å². The van der Waals surface area contributed by atoms with E-state index in [4.69, 9.17) is 0 Å². The topological polar surface area (TPSA) is 42.0 Å². The number of alkyl halides is 1. The van der Waals surface area contributed by atoms with Crippen LogP contribution in [0.5, 0.6) is 0 Å². The van der Waals surface area contributed by atoms with Crippen LogP contribution in [0, 0.1) is 0 Å². The molecule has 1 heterocycles. The van der Waals surface area contributed by atoms with Gasteiger partial charge in [-0.25, -0.2) is 4.98 Å². The standard InChI is InChI=1S/C9H13BrN2OS/c1-3-9(2,5-10)12-8(13)7-4-14-6-11-7/h4,6H,3,5H2,1-2H3,(H,12,13). The predicted molar refractivity (Wildman–Crippen MR) is 62.1 cm³/mol. The Morgan fingerprint density at radius 3 is 2.93 bits per heavy atom. The van der Waals surface area contributed by atoms with Gasteiger partial charge >= 0.3 is 0 Å². The zero-order valence-corrected chi connectivity index (χ0v) is 10.6. The van der Waals surface area contributed by atoms with E-state index in [2.05, 4.69) is 26.2 Å². The lowest BCUT2D eigenvalue weighted by atomic mass is 10.0. The third-order valence-electron chi connectivity index (χ3n) is 2.16. The van der Waals surface area contributed by atoms with Gasteiger partial charge in [0.05, 0.1) is 5.51 Å². The van der Waals surface area contributed by atoms with Gasteiger partial charge in [0.2, 0.25) is 0 Å².